The van der Waals surface area contributed by atoms with Gasteiger partial charge in [-0.2, -0.15) is 15.0 Å². The minimum atomic E-state index is -0.160. The van der Waals surface area contributed by atoms with E-state index in [4.69, 9.17) is 4.74 Å². The molecule has 1 heterocycles. The molecule has 21 heavy (non-hydrogen) atoms. The van der Waals surface area contributed by atoms with Gasteiger partial charge in [0.1, 0.15) is 0 Å². The van der Waals surface area contributed by atoms with E-state index in [2.05, 4.69) is 25.6 Å². The Balaban J connectivity index is 2.00. The maximum atomic E-state index is 9.56. The highest BCUT2D eigenvalue weighted by Gasteiger charge is 2.22. The molecule has 1 aromatic heterocycles. The van der Waals surface area contributed by atoms with Gasteiger partial charge in [-0.05, 0) is 46.0 Å². The molecular formula is C14H25N5O2. The number of hydrogen-bond acceptors (Lipinski definition) is 7. The van der Waals surface area contributed by atoms with Crippen LogP contribution in [0.2, 0.25) is 0 Å². The van der Waals surface area contributed by atoms with Crippen LogP contribution >= 0.6 is 0 Å². The summed E-state index contributed by atoms with van der Waals surface area (Å²) in [4.78, 5) is 12.8. The zero-order valence-corrected chi connectivity index (χ0v) is 13.0. The number of rotatable bonds is 7. The molecule has 0 radical (unpaired) electrons. The molecule has 0 saturated heterocycles. The van der Waals surface area contributed by atoms with E-state index in [-0.39, 0.29) is 12.2 Å². The van der Waals surface area contributed by atoms with Gasteiger partial charge in [0.05, 0.1) is 12.2 Å². The van der Waals surface area contributed by atoms with Gasteiger partial charge in [0, 0.05) is 13.1 Å². The Morgan fingerprint density at radius 1 is 1.19 bits per heavy atom. The van der Waals surface area contributed by atoms with E-state index < -0.39 is 0 Å². The summed E-state index contributed by atoms with van der Waals surface area (Å²) in [5.74, 6) is 1.49. The number of ether oxygens (including phenoxy) is 1. The first-order valence-electron chi connectivity index (χ1n) is 7.65. The second-order valence-electron chi connectivity index (χ2n) is 5.68. The molecule has 118 valence electrons. The Labute approximate surface area is 125 Å². The van der Waals surface area contributed by atoms with Gasteiger partial charge in [-0.3, -0.25) is 0 Å². The normalized spacial score (nSPS) is 21.6. The van der Waals surface area contributed by atoms with Crippen LogP contribution in [0.5, 0.6) is 6.01 Å². The van der Waals surface area contributed by atoms with Crippen molar-refractivity contribution in [3.05, 3.63) is 0 Å². The summed E-state index contributed by atoms with van der Waals surface area (Å²) in [5, 5.41) is 15.9. The zero-order valence-electron chi connectivity index (χ0n) is 13.0. The van der Waals surface area contributed by atoms with Crippen molar-refractivity contribution in [2.45, 2.75) is 52.2 Å². The van der Waals surface area contributed by atoms with Gasteiger partial charge in [0.15, 0.2) is 0 Å². The summed E-state index contributed by atoms with van der Waals surface area (Å²) in [7, 11) is 0. The standard InChI is InChI=1S/C14H25N5O2/c1-4-15-12-17-13(19-14(18-12)21-9(2)3)16-8-10-5-6-11(20)7-10/h9-11,20H,4-8H2,1-3H3,(H2,15,16,17,18,19). The second-order valence-corrected chi connectivity index (χ2v) is 5.68. The molecule has 1 fully saturated rings. The van der Waals surface area contributed by atoms with Gasteiger partial charge in [0.25, 0.3) is 0 Å². The Hall–Kier alpha value is -1.63. The third kappa shape index (κ3) is 5.00. The highest BCUT2D eigenvalue weighted by Crippen LogP contribution is 2.25. The average molecular weight is 295 g/mol. The first kappa shape index (κ1) is 15.8. The Morgan fingerprint density at radius 3 is 2.48 bits per heavy atom. The lowest BCUT2D eigenvalue weighted by Gasteiger charge is -2.13. The summed E-state index contributed by atoms with van der Waals surface area (Å²) in [6.07, 6.45) is 2.61. The number of aliphatic hydroxyl groups excluding tert-OH is 1. The van der Waals surface area contributed by atoms with Gasteiger partial charge in [-0.25, -0.2) is 0 Å². The van der Waals surface area contributed by atoms with Crippen LogP contribution in [0.4, 0.5) is 11.9 Å². The predicted molar refractivity (Wildman–Crippen MR) is 81.6 cm³/mol. The van der Waals surface area contributed by atoms with E-state index >= 15 is 0 Å². The zero-order chi connectivity index (χ0) is 15.2. The first-order chi connectivity index (χ1) is 10.1. The number of anilines is 2. The predicted octanol–water partition coefficient (Wildman–Crippen LogP) is 1.66. The summed E-state index contributed by atoms with van der Waals surface area (Å²) in [6.45, 7) is 7.35. The third-order valence-corrected chi connectivity index (χ3v) is 3.35. The highest BCUT2D eigenvalue weighted by atomic mass is 16.5. The Bertz CT molecular complexity index is 455. The molecule has 1 aromatic rings. The molecule has 0 aliphatic heterocycles. The van der Waals surface area contributed by atoms with Crippen molar-refractivity contribution in [3.63, 3.8) is 0 Å². The van der Waals surface area contributed by atoms with Crippen LogP contribution in [0.25, 0.3) is 0 Å². The molecular weight excluding hydrogens is 270 g/mol. The number of nitrogens with one attached hydrogen (secondary N) is 2. The summed E-state index contributed by atoms with van der Waals surface area (Å²) in [5.41, 5.74) is 0. The molecule has 7 heteroatoms. The molecule has 2 rings (SSSR count). The fourth-order valence-corrected chi connectivity index (χ4v) is 2.41. The molecule has 1 aliphatic rings. The van der Waals surface area contributed by atoms with Crippen molar-refractivity contribution < 1.29 is 9.84 Å². The van der Waals surface area contributed by atoms with Crippen molar-refractivity contribution in [2.24, 2.45) is 5.92 Å². The van der Waals surface area contributed by atoms with Crippen LogP contribution in [0.3, 0.4) is 0 Å². The van der Waals surface area contributed by atoms with Crippen molar-refractivity contribution in [3.8, 4) is 6.01 Å². The first-order valence-corrected chi connectivity index (χ1v) is 7.65. The lowest BCUT2D eigenvalue weighted by Crippen LogP contribution is -2.17. The van der Waals surface area contributed by atoms with E-state index in [1.807, 2.05) is 20.8 Å². The highest BCUT2D eigenvalue weighted by molar-refractivity contribution is 5.35. The fourth-order valence-electron chi connectivity index (χ4n) is 2.41. The topological polar surface area (TPSA) is 92.2 Å². The average Bonchev–Trinajstić information content (AvgIpc) is 2.82. The van der Waals surface area contributed by atoms with Crippen molar-refractivity contribution in [1.82, 2.24) is 15.0 Å². The van der Waals surface area contributed by atoms with E-state index in [0.717, 1.165) is 32.4 Å². The van der Waals surface area contributed by atoms with Gasteiger partial charge < -0.3 is 20.5 Å². The van der Waals surface area contributed by atoms with Crippen molar-refractivity contribution in [1.29, 1.82) is 0 Å². The summed E-state index contributed by atoms with van der Waals surface area (Å²) >= 11 is 0. The molecule has 0 aromatic carbocycles. The molecule has 3 N–H and O–H groups in total. The maximum Gasteiger partial charge on any atom is 0.323 e. The SMILES string of the molecule is CCNc1nc(NCC2CCC(O)C2)nc(OC(C)C)n1. The second kappa shape index (κ2) is 7.40. The quantitative estimate of drug-likeness (QED) is 0.704. The van der Waals surface area contributed by atoms with Crippen molar-refractivity contribution in [2.75, 3.05) is 23.7 Å². The number of aromatic nitrogens is 3. The van der Waals surface area contributed by atoms with Gasteiger partial charge in [-0.1, -0.05) is 0 Å². The number of nitrogens with zero attached hydrogens (tertiary/aromatic N) is 3. The molecule has 7 nitrogen and oxygen atoms in total. The van der Waals surface area contributed by atoms with Crippen LogP contribution in [-0.2, 0) is 0 Å². The molecule has 2 unspecified atom stereocenters. The number of aliphatic hydroxyl groups is 1. The molecule has 0 spiro atoms. The maximum absolute atomic E-state index is 9.56. The van der Waals surface area contributed by atoms with Gasteiger partial charge in [0.2, 0.25) is 11.9 Å². The van der Waals surface area contributed by atoms with Gasteiger partial charge >= 0.3 is 6.01 Å². The van der Waals surface area contributed by atoms with E-state index in [1.54, 1.807) is 0 Å². The monoisotopic (exact) mass is 295 g/mol. The molecule has 0 amide bonds. The molecule has 2 atom stereocenters. The number of hydrogen-bond donors (Lipinski definition) is 3. The van der Waals surface area contributed by atoms with E-state index in [0.29, 0.717) is 23.8 Å². The van der Waals surface area contributed by atoms with Crippen LogP contribution in [0.15, 0.2) is 0 Å². The van der Waals surface area contributed by atoms with Crippen LogP contribution in [0, 0.1) is 5.92 Å². The molecule has 1 saturated carbocycles. The lowest BCUT2D eigenvalue weighted by molar-refractivity contribution is 0.178. The largest absolute Gasteiger partial charge is 0.461 e. The van der Waals surface area contributed by atoms with Gasteiger partial charge in [-0.15, -0.1) is 0 Å². The minimum Gasteiger partial charge on any atom is -0.461 e. The molecule has 0 bridgehead atoms. The lowest BCUT2D eigenvalue weighted by atomic mass is 10.1. The van der Waals surface area contributed by atoms with Crippen molar-refractivity contribution >= 4 is 11.9 Å². The summed E-state index contributed by atoms with van der Waals surface area (Å²) in [6, 6.07) is 0.324. The van der Waals surface area contributed by atoms with E-state index in [9.17, 15) is 5.11 Å². The Kier molecular flexibility index (Phi) is 5.55. The minimum absolute atomic E-state index is 0.0136. The van der Waals surface area contributed by atoms with Crippen LogP contribution in [-0.4, -0.2) is 45.4 Å². The molecule has 1 aliphatic carbocycles. The Morgan fingerprint density at radius 2 is 1.90 bits per heavy atom. The third-order valence-electron chi connectivity index (χ3n) is 3.35. The summed E-state index contributed by atoms with van der Waals surface area (Å²) < 4.78 is 5.55. The smallest absolute Gasteiger partial charge is 0.323 e. The van der Waals surface area contributed by atoms with Crippen LogP contribution < -0.4 is 15.4 Å². The van der Waals surface area contributed by atoms with Crippen LogP contribution in [0.1, 0.15) is 40.0 Å². The van der Waals surface area contributed by atoms with E-state index in [1.165, 1.54) is 0 Å². The fraction of sp³-hybridized carbons (Fsp3) is 0.786.